The van der Waals surface area contributed by atoms with E-state index >= 15 is 0 Å². The van der Waals surface area contributed by atoms with Gasteiger partial charge in [-0.25, -0.2) is 0 Å². The lowest BCUT2D eigenvalue weighted by Crippen LogP contribution is -2.39. The van der Waals surface area contributed by atoms with Gasteiger partial charge in [-0.15, -0.1) is 0 Å². The number of anilines is 3. The van der Waals surface area contributed by atoms with Crippen LogP contribution in [0.15, 0.2) is 39.9 Å². The molecule has 1 amide bonds. The van der Waals surface area contributed by atoms with Gasteiger partial charge in [0.1, 0.15) is 11.4 Å². The maximum absolute atomic E-state index is 12.1. The molecule has 0 spiro atoms. The van der Waals surface area contributed by atoms with Gasteiger partial charge < -0.3 is 20.6 Å². The van der Waals surface area contributed by atoms with Crippen molar-refractivity contribution < 1.29 is 9.90 Å². The van der Waals surface area contributed by atoms with Crippen LogP contribution in [0.5, 0.6) is 5.75 Å². The molecule has 2 aromatic rings. The molecule has 0 saturated heterocycles. The summed E-state index contributed by atoms with van der Waals surface area (Å²) in [5.41, 5.74) is 0.0544. The van der Waals surface area contributed by atoms with E-state index in [-0.39, 0.29) is 40.3 Å². The molecule has 0 saturated carbocycles. The van der Waals surface area contributed by atoms with Crippen LogP contribution < -0.4 is 21.5 Å². The Balaban J connectivity index is 2.36. The number of para-hydroxylation sites is 1. The largest absolute Gasteiger partial charge is 0.505 e. The Bertz CT molecular complexity index is 923. The smallest absolute Gasteiger partial charge is 0.257 e. The topological polar surface area (TPSA) is 98.7 Å². The first-order valence-corrected chi connectivity index (χ1v) is 8.24. The van der Waals surface area contributed by atoms with E-state index in [0.29, 0.717) is 6.42 Å². The minimum atomic E-state index is -0.673. The summed E-state index contributed by atoms with van der Waals surface area (Å²) >= 11 is 0. The number of carbonyl (C=O) groups excluding carboxylic acids is 1. The third-order valence-electron chi connectivity index (χ3n) is 4.16. The molecular weight excluding hydrogens is 334 g/mol. The zero-order valence-corrected chi connectivity index (χ0v) is 15.3. The molecule has 0 heterocycles. The van der Waals surface area contributed by atoms with Crippen LogP contribution in [0.3, 0.4) is 0 Å². The van der Waals surface area contributed by atoms with E-state index in [9.17, 15) is 19.5 Å². The van der Waals surface area contributed by atoms with Gasteiger partial charge in [-0.3, -0.25) is 14.4 Å². The van der Waals surface area contributed by atoms with Gasteiger partial charge in [-0.05, 0) is 25.5 Å². The van der Waals surface area contributed by atoms with Gasteiger partial charge in [0.15, 0.2) is 5.75 Å². The number of nitrogens with zero attached hydrogens (tertiary/aromatic N) is 1. The van der Waals surface area contributed by atoms with E-state index in [1.807, 2.05) is 13.8 Å². The summed E-state index contributed by atoms with van der Waals surface area (Å²) in [6, 6.07) is 4.45. The van der Waals surface area contributed by atoms with Crippen LogP contribution in [0.2, 0.25) is 0 Å². The van der Waals surface area contributed by atoms with Crippen molar-refractivity contribution in [3.05, 3.63) is 56.4 Å². The molecule has 7 nitrogen and oxygen atoms in total. The minimum Gasteiger partial charge on any atom is -0.505 e. The normalized spacial score (nSPS) is 11.8. The summed E-state index contributed by atoms with van der Waals surface area (Å²) in [4.78, 5) is 37.3. The fraction of sp³-hybridized carbons (Fsp3) is 0.316. The lowest BCUT2D eigenvalue weighted by atomic mass is 10.1. The fourth-order valence-electron chi connectivity index (χ4n) is 2.59. The van der Waals surface area contributed by atoms with Crippen LogP contribution in [-0.4, -0.2) is 36.1 Å². The predicted molar refractivity (Wildman–Crippen MR) is 103 cm³/mol. The lowest BCUT2D eigenvalue weighted by Gasteiger charge is -2.22. The van der Waals surface area contributed by atoms with Crippen LogP contribution in [0.1, 0.15) is 30.6 Å². The Hall–Kier alpha value is -3.09. The van der Waals surface area contributed by atoms with Crippen molar-refractivity contribution in [2.24, 2.45) is 0 Å². The fourth-order valence-corrected chi connectivity index (χ4v) is 2.59. The number of rotatable bonds is 7. The molecule has 0 aliphatic rings. The number of carbonyl (C=O) groups is 1. The summed E-state index contributed by atoms with van der Waals surface area (Å²) < 4.78 is 0. The van der Waals surface area contributed by atoms with Gasteiger partial charge in [0, 0.05) is 20.1 Å². The number of phenolic OH excluding ortho intramolecular Hbond substituents is 1. The SMILES string of the molecule is C=C(C)C(CC)Nc1c(Nc2cccc(C(=O)N(C)C)c2O)c(=O)c1=O. The molecule has 26 heavy (non-hydrogen) atoms. The Morgan fingerprint density at radius 2 is 1.85 bits per heavy atom. The summed E-state index contributed by atoms with van der Waals surface area (Å²) in [5, 5.41) is 16.2. The van der Waals surface area contributed by atoms with E-state index in [1.54, 1.807) is 20.2 Å². The van der Waals surface area contributed by atoms with Crippen LogP contribution in [0.4, 0.5) is 17.1 Å². The lowest BCUT2D eigenvalue weighted by molar-refractivity contribution is 0.0824. The summed E-state index contributed by atoms with van der Waals surface area (Å²) in [6.45, 7) is 7.64. The molecule has 0 aromatic heterocycles. The van der Waals surface area contributed by atoms with E-state index in [2.05, 4.69) is 17.2 Å². The van der Waals surface area contributed by atoms with Crippen molar-refractivity contribution >= 4 is 23.0 Å². The van der Waals surface area contributed by atoms with E-state index in [4.69, 9.17) is 0 Å². The minimum absolute atomic E-state index is 0.0689. The Morgan fingerprint density at radius 1 is 1.23 bits per heavy atom. The zero-order chi connectivity index (χ0) is 19.6. The average molecular weight is 357 g/mol. The van der Waals surface area contributed by atoms with Crippen molar-refractivity contribution in [1.82, 2.24) is 4.90 Å². The first-order chi connectivity index (χ1) is 12.2. The number of amides is 1. The first-order valence-electron chi connectivity index (χ1n) is 8.24. The average Bonchev–Trinajstić information content (AvgIpc) is 2.60. The van der Waals surface area contributed by atoms with Crippen molar-refractivity contribution in [3.63, 3.8) is 0 Å². The molecule has 0 bridgehead atoms. The highest BCUT2D eigenvalue weighted by Crippen LogP contribution is 2.32. The number of hydrogen-bond acceptors (Lipinski definition) is 6. The van der Waals surface area contributed by atoms with Gasteiger partial charge in [-0.1, -0.05) is 25.1 Å². The number of phenols is 1. The highest BCUT2D eigenvalue weighted by molar-refractivity contribution is 5.99. The van der Waals surface area contributed by atoms with Crippen LogP contribution in [-0.2, 0) is 0 Å². The van der Waals surface area contributed by atoms with Crippen molar-refractivity contribution in [3.8, 4) is 5.75 Å². The van der Waals surface area contributed by atoms with Gasteiger partial charge in [-0.2, -0.15) is 0 Å². The Labute approximate surface area is 151 Å². The maximum Gasteiger partial charge on any atom is 0.257 e. The molecule has 0 fully saturated rings. The maximum atomic E-state index is 12.1. The molecule has 0 aliphatic carbocycles. The molecular formula is C19H23N3O4. The Kier molecular flexibility index (Phi) is 5.50. The number of hydrogen-bond donors (Lipinski definition) is 3. The molecule has 0 radical (unpaired) electrons. The quantitative estimate of drug-likeness (QED) is 0.399. The number of nitrogens with one attached hydrogen (secondary N) is 2. The standard InChI is InChI=1S/C19H23N3O4/c1-6-12(10(2)3)20-14-15(18(25)17(14)24)21-13-9-7-8-11(16(13)23)19(26)22(4)5/h7-9,12,20-21,23H,2,6H2,1,3-5H3. The molecule has 1 atom stereocenters. The third-order valence-corrected chi connectivity index (χ3v) is 4.16. The van der Waals surface area contributed by atoms with Crippen molar-refractivity contribution in [1.29, 1.82) is 0 Å². The van der Waals surface area contributed by atoms with Gasteiger partial charge >= 0.3 is 0 Å². The first kappa shape index (κ1) is 19.2. The summed E-state index contributed by atoms with van der Waals surface area (Å²) in [7, 11) is 3.14. The Morgan fingerprint density at radius 3 is 2.38 bits per heavy atom. The van der Waals surface area contributed by atoms with E-state index < -0.39 is 10.9 Å². The number of aromatic hydroxyl groups is 1. The molecule has 0 aliphatic heterocycles. The van der Waals surface area contributed by atoms with E-state index in [0.717, 1.165) is 5.57 Å². The van der Waals surface area contributed by atoms with E-state index in [1.165, 1.54) is 17.0 Å². The third kappa shape index (κ3) is 3.46. The van der Waals surface area contributed by atoms with Crippen molar-refractivity contribution in [2.45, 2.75) is 26.3 Å². The molecule has 1 unspecified atom stereocenters. The molecule has 2 aromatic carbocycles. The molecule has 2 rings (SSSR count). The highest BCUT2D eigenvalue weighted by atomic mass is 16.3. The second kappa shape index (κ2) is 7.43. The van der Waals surface area contributed by atoms with Gasteiger partial charge in [0.2, 0.25) is 0 Å². The summed E-state index contributed by atoms with van der Waals surface area (Å²) in [5.74, 6) is -0.653. The van der Waals surface area contributed by atoms with Gasteiger partial charge in [0.05, 0.1) is 11.3 Å². The molecule has 3 N–H and O–H groups in total. The second-order valence-electron chi connectivity index (χ2n) is 6.39. The van der Waals surface area contributed by atoms with Crippen molar-refractivity contribution in [2.75, 3.05) is 24.7 Å². The molecule has 7 heteroatoms. The van der Waals surface area contributed by atoms with Crippen LogP contribution in [0.25, 0.3) is 0 Å². The van der Waals surface area contributed by atoms with Gasteiger partial charge in [0.25, 0.3) is 16.8 Å². The number of benzene rings is 1. The van der Waals surface area contributed by atoms with Crippen LogP contribution in [0, 0.1) is 0 Å². The monoisotopic (exact) mass is 357 g/mol. The second-order valence-corrected chi connectivity index (χ2v) is 6.39. The summed E-state index contributed by atoms with van der Waals surface area (Å²) in [6.07, 6.45) is 0.700. The molecule has 138 valence electrons. The zero-order valence-electron chi connectivity index (χ0n) is 15.3. The predicted octanol–water partition coefficient (Wildman–Crippen LogP) is 2.20. The highest BCUT2D eigenvalue weighted by Gasteiger charge is 2.25. The van der Waals surface area contributed by atoms with Crippen LogP contribution >= 0.6 is 0 Å².